The first-order chi connectivity index (χ1) is 11.3. The molecule has 0 saturated carbocycles. The standard InChI is InChI=1S/C16H24N4O3/c21-16(20-5-8-22-9-6-20)14-10-17-11-15(19-14)18-4-3-13-2-1-7-23-12-13/h10-11,13H,1-9,12H2,(H,18,19)/t13-/m1/s1. The van der Waals surface area contributed by atoms with Gasteiger partial charge in [-0.05, 0) is 25.2 Å². The summed E-state index contributed by atoms with van der Waals surface area (Å²) in [6, 6.07) is 0. The Hall–Kier alpha value is -1.73. The minimum absolute atomic E-state index is 0.0786. The van der Waals surface area contributed by atoms with E-state index in [1.165, 1.54) is 12.6 Å². The molecule has 23 heavy (non-hydrogen) atoms. The molecule has 2 aliphatic heterocycles. The average Bonchev–Trinajstić information content (AvgIpc) is 2.63. The highest BCUT2D eigenvalue weighted by Crippen LogP contribution is 2.17. The van der Waals surface area contributed by atoms with Gasteiger partial charge in [0.25, 0.3) is 5.91 Å². The average molecular weight is 320 g/mol. The summed E-state index contributed by atoms with van der Waals surface area (Å²) in [5, 5.41) is 3.27. The molecule has 0 unspecified atom stereocenters. The Kier molecular flexibility index (Phi) is 5.76. The summed E-state index contributed by atoms with van der Waals surface area (Å²) in [6.45, 7) is 4.95. The smallest absolute Gasteiger partial charge is 0.274 e. The van der Waals surface area contributed by atoms with Crippen LogP contribution in [0.4, 0.5) is 5.82 Å². The van der Waals surface area contributed by atoms with Gasteiger partial charge in [-0.15, -0.1) is 0 Å². The molecule has 2 aliphatic rings. The number of anilines is 1. The van der Waals surface area contributed by atoms with Crippen molar-refractivity contribution in [3.8, 4) is 0 Å². The summed E-state index contributed by atoms with van der Waals surface area (Å²) >= 11 is 0. The zero-order valence-electron chi connectivity index (χ0n) is 13.4. The molecule has 3 heterocycles. The molecule has 0 aliphatic carbocycles. The van der Waals surface area contributed by atoms with Gasteiger partial charge in [0, 0.05) is 32.8 Å². The van der Waals surface area contributed by atoms with Crippen molar-refractivity contribution in [1.29, 1.82) is 0 Å². The van der Waals surface area contributed by atoms with Gasteiger partial charge in [-0.1, -0.05) is 0 Å². The second kappa shape index (κ2) is 8.21. The van der Waals surface area contributed by atoms with Crippen LogP contribution in [0.25, 0.3) is 0 Å². The van der Waals surface area contributed by atoms with Crippen molar-refractivity contribution in [2.75, 3.05) is 51.4 Å². The van der Waals surface area contributed by atoms with E-state index in [1.807, 2.05) is 0 Å². The number of aromatic nitrogens is 2. The number of nitrogens with one attached hydrogen (secondary N) is 1. The molecule has 1 N–H and O–H groups in total. The maximum atomic E-state index is 12.4. The molecule has 2 fully saturated rings. The molecule has 3 rings (SSSR count). The molecule has 1 amide bonds. The Morgan fingerprint density at radius 3 is 2.91 bits per heavy atom. The maximum absolute atomic E-state index is 12.4. The molecule has 1 aromatic heterocycles. The van der Waals surface area contributed by atoms with Gasteiger partial charge in [0.05, 0.1) is 25.6 Å². The molecule has 7 nitrogen and oxygen atoms in total. The zero-order chi connectivity index (χ0) is 15.9. The van der Waals surface area contributed by atoms with Crippen molar-refractivity contribution in [1.82, 2.24) is 14.9 Å². The number of hydrogen-bond acceptors (Lipinski definition) is 6. The molecule has 126 valence electrons. The fourth-order valence-electron chi connectivity index (χ4n) is 2.92. The molecule has 0 radical (unpaired) electrons. The van der Waals surface area contributed by atoms with Gasteiger partial charge in [0.1, 0.15) is 11.5 Å². The summed E-state index contributed by atoms with van der Waals surface area (Å²) in [6.07, 6.45) is 6.60. The lowest BCUT2D eigenvalue weighted by molar-refractivity contribution is 0.0299. The Morgan fingerprint density at radius 2 is 2.13 bits per heavy atom. The van der Waals surface area contributed by atoms with Crippen LogP contribution in [0, 0.1) is 5.92 Å². The van der Waals surface area contributed by atoms with Gasteiger partial charge in [-0.2, -0.15) is 0 Å². The van der Waals surface area contributed by atoms with Crippen molar-refractivity contribution >= 4 is 11.7 Å². The van der Waals surface area contributed by atoms with Crippen molar-refractivity contribution in [3.63, 3.8) is 0 Å². The third-order valence-electron chi connectivity index (χ3n) is 4.27. The zero-order valence-corrected chi connectivity index (χ0v) is 13.4. The molecular weight excluding hydrogens is 296 g/mol. The number of carbonyl (C=O) groups is 1. The van der Waals surface area contributed by atoms with Crippen LogP contribution in [-0.4, -0.2) is 66.8 Å². The lowest BCUT2D eigenvalue weighted by atomic mass is 9.99. The summed E-state index contributed by atoms with van der Waals surface area (Å²) in [4.78, 5) is 22.7. The van der Waals surface area contributed by atoms with E-state index in [0.29, 0.717) is 43.7 Å². The van der Waals surface area contributed by atoms with E-state index >= 15 is 0 Å². The Morgan fingerprint density at radius 1 is 1.26 bits per heavy atom. The number of nitrogens with zero attached hydrogens (tertiary/aromatic N) is 3. The van der Waals surface area contributed by atoms with Gasteiger partial charge in [-0.25, -0.2) is 4.98 Å². The van der Waals surface area contributed by atoms with Gasteiger partial charge < -0.3 is 19.7 Å². The summed E-state index contributed by atoms with van der Waals surface area (Å²) in [5.41, 5.74) is 0.387. The van der Waals surface area contributed by atoms with Crippen LogP contribution in [0.15, 0.2) is 12.4 Å². The van der Waals surface area contributed by atoms with Gasteiger partial charge in [0.15, 0.2) is 0 Å². The third-order valence-corrected chi connectivity index (χ3v) is 4.27. The van der Waals surface area contributed by atoms with Crippen molar-refractivity contribution in [3.05, 3.63) is 18.1 Å². The van der Waals surface area contributed by atoms with Gasteiger partial charge in [0.2, 0.25) is 0 Å². The second-order valence-corrected chi connectivity index (χ2v) is 5.99. The number of carbonyl (C=O) groups excluding carboxylic acids is 1. The van der Waals surface area contributed by atoms with Crippen LogP contribution in [0.1, 0.15) is 29.8 Å². The predicted octanol–water partition coefficient (Wildman–Crippen LogP) is 1.18. The predicted molar refractivity (Wildman–Crippen MR) is 85.4 cm³/mol. The highest BCUT2D eigenvalue weighted by molar-refractivity contribution is 5.92. The molecule has 0 aromatic carbocycles. The highest BCUT2D eigenvalue weighted by atomic mass is 16.5. The van der Waals surface area contributed by atoms with Crippen LogP contribution >= 0.6 is 0 Å². The normalized spacial score (nSPS) is 21.9. The Labute approximate surface area is 136 Å². The summed E-state index contributed by atoms with van der Waals surface area (Å²) < 4.78 is 10.8. The fourth-order valence-corrected chi connectivity index (χ4v) is 2.92. The van der Waals surface area contributed by atoms with E-state index < -0.39 is 0 Å². The molecule has 1 aromatic rings. The molecule has 1 atom stereocenters. The van der Waals surface area contributed by atoms with E-state index in [9.17, 15) is 4.79 Å². The van der Waals surface area contributed by atoms with E-state index in [2.05, 4.69) is 15.3 Å². The minimum atomic E-state index is -0.0786. The first-order valence-corrected chi connectivity index (χ1v) is 8.33. The van der Waals surface area contributed by atoms with E-state index in [4.69, 9.17) is 9.47 Å². The van der Waals surface area contributed by atoms with Crippen molar-refractivity contribution in [2.24, 2.45) is 5.92 Å². The highest BCUT2D eigenvalue weighted by Gasteiger charge is 2.20. The van der Waals surface area contributed by atoms with Crippen molar-refractivity contribution < 1.29 is 14.3 Å². The number of amides is 1. The summed E-state index contributed by atoms with van der Waals surface area (Å²) in [7, 11) is 0. The van der Waals surface area contributed by atoms with Crippen molar-refractivity contribution in [2.45, 2.75) is 19.3 Å². The van der Waals surface area contributed by atoms with E-state index in [1.54, 1.807) is 11.1 Å². The Bertz CT molecular complexity index is 514. The Balaban J connectivity index is 1.51. The summed E-state index contributed by atoms with van der Waals surface area (Å²) in [5.74, 6) is 1.19. The van der Waals surface area contributed by atoms with E-state index in [-0.39, 0.29) is 5.91 Å². The number of rotatable bonds is 5. The number of hydrogen-bond donors (Lipinski definition) is 1. The van der Waals surface area contributed by atoms with Crippen LogP contribution in [0.5, 0.6) is 0 Å². The lowest BCUT2D eigenvalue weighted by Gasteiger charge is -2.26. The topological polar surface area (TPSA) is 76.6 Å². The molecule has 0 spiro atoms. The second-order valence-electron chi connectivity index (χ2n) is 5.99. The maximum Gasteiger partial charge on any atom is 0.274 e. The third kappa shape index (κ3) is 4.62. The van der Waals surface area contributed by atoms with Gasteiger partial charge in [-0.3, -0.25) is 9.78 Å². The molecule has 7 heteroatoms. The molecular formula is C16H24N4O3. The van der Waals surface area contributed by atoms with Crippen LogP contribution in [-0.2, 0) is 9.47 Å². The minimum Gasteiger partial charge on any atom is -0.381 e. The van der Waals surface area contributed by atoms with Gasteiger partial charge >= 0.3 is 0 Å². The number of ether oxygens (including phenoxy) is 2. The first-order valence-electron chi connectivity index (χ1n) is 8.33. The lowest BCUT2D eigenvalue weighted by Crippen LogP contribution is -2.41. The van der Waals surface area contributed by atoms with Crippen LogP contribution in [0.2, 0.25) is 0 Å². The fraction of sp³-hybridized carbons (Fsp3) is 0.688. The van der Waals surface area contributed by atoms with E-state index in [0.717, 1.165) is 32.6 Å². The first kappa shape index (κ1) is 16.1. The number of morpholine rings is 1. The van der Waals surface area contributed by atoms with Crippen LogP contribution < -0.4 is 5.32 Å². The van der Waals surface area contributed by atoms with Crippen LogP contribution in [0.3, 0.4) is 0 Å². The SMILES string of the molecule is O=C(c1cncc(NCC[C@H]2CCCOC2)n1)N1CCOCC1. The molecule has 2 saturated heterocycles. The largest absolute Gasteiger partial charge is 0.381 e. The quantitative estimate of drug-likeness (QED) is 0.878. The monoisotopic (exact) mass is 320 g/mol. The molecule has 0 bridgehead atoms.